The van der Waals surface area contributed by atoms with Gasteiger partial charge in [-0.2, -0.15) is 11.8 Å². The van der Waals surface area contributed by atoms with Gasteiger partial charge in [0.2, 0.25) is 0 Å². The molecule has 2 rings (SSSR count). The molecule has 6 heteroatoms. The van der Waals surface area contributed by atoms with E-state index in [1.165, 1.54) is 37.2 Å². The van der Waals surface area contributed by atoms with Crippen molar-refractivity contribution in [3.8, 4) is 0 Å². The molecule has 0 aliphatic rings. The Morgan fingerprint density at radius 1 is 1.16 bits per heavy atom. The summed E-state index contributed by atoms with van der Waals surface area (Å²) in [4.78, 5) is 8.95. The van der Waals surface area contributed by atoms with Gasteiger partial charge >= 0.3 is 0 Å². The molecule has 2 N–H and O–H groups in total. The normalized spacial score (nSPS) is 11.5. The lowest BCUT2D eigenvalue weighted by atomic mass is 10.2. The molecule has 5 nitrogen and oxygen atoms in total. The minimum Gasteiger partial charge on any atom is -0.382 e. The number of hydrogen-bond donors (Lipinski definition) is 1. The quantitative estimate of drug-likeness (QED) is 0.559. The zero-order valence-electron chi connectivity index (χ0n) is 15.9. The first kappa shape index (κ1) is 20.0. The lowest BCUT2D eigenvalue weighted by Gasteiger charge is -2.11. The second kappa shape index (κ2) is 10.7. The predicted octanol–water partition coefficient (Wildman–Crippen LogP) is 4.56. The summed E-state index contributed by atoms with van der Waals surface area (Å²) < 4.78 is 7.88. The van der Waals surface area contributed by atoms with Crippen molar-refractivity contribution >= 4 is 28.6 Å². The molecule has 2 aromatic rings. The molecular weight excluding hydrogens is 332 g/mol. The Bertz CT molecular complexity index is 656. The van der Waals surface area contributed by atoms with Crippen LogP contribution < -0.4 is 5.73 Å². The molecule has 140 valence electrons. The fourth-order valence-corrected chi connectivity index (χ4v) is 4.01. The number of imidazole rings is 1. The summed E-state index contributed by atoms with van der Waals surface area (Å²) in [6.07, 6.45) is 8.14. The molecule has 0 aliphatic heterocycles. The third-order valence-electron chi connectivity index (χ3n) is 4.31. The molecular formula is C19H32N4OS. The second-order valence-electron chi connectivity index (χ2n) is 6.37. The van der Waals surface area contributed by atoms with Crippen LogP contribution in [-0.2, 0) is 17.9 Å². The van der Waals surface area contributed by atoms with E-state index in [0.29, 0.717) is 19.0 Å². The molecule has 0 spiro atoms. The highest BCUT2D eigenvalue weighted by Gasteiger charge is 2.15. The molecule has 0 atom stereocenters. The van der Waals surface area contributed by atoms with Gasteiger partial charge in [-0.05, 0) is 50.2 Å². The first-order valence-electron chi connectivity index (χ1n) is 9.44. The minimum absolute atomic E-state index is 0.504. The molecule has 0 fully saturated rings. The van der Waals surface area contributed by atoms with Crippen LogP contribution in [0.25, 0.3) is 11.0 Å². The first-order chi connectivity index (χ1) is 12.2. The summed E-state index contributed by atoms with van der Waals surface area (Å²) in [5.74, 6) is 4.03. The first-order valence-corrected chi connectivity index (χ1v) is 10.6. The maximum atomic E-state index is 6.04. The monoisotopic (exact) mass is 364 g/mol. The minimum atomic E-state index is 0.504. The van der Waals surface area contributed by atoms with E-state index < -0.39 is 0 Å². The van der Waals surface area contributed by atoms with Gasteiger partial charge in [-0.15, -0.1) is 0 Å². The van der Waals surface area contributed by atoms with Gasteiger partial charge in [0.15, 0.2) is 5.82 Å². The maximum Gasteiger partial charge on any atom is 0.151 e. The van der Waals surface area contributed by atoms with Crippen molar-refractivity contribution in [2.75, 3.05) is 23.8 Å². The topological polar surface area (TPSA) is 66.0 Å². The zero-order chi connectivity index (χ0) is 18.1. The van der Waals surface area contributed by atoms with Gasteiger partial charge in [-0.3, -0.25) is 0 Å². The average Bonchev–Trinajstić information content (AvgIpc) is 2.98. The number of nitrogens with two attached hydrogens (primary N) is 1. The van der Waals surface area contributed by atoms with Crippen LogP contribution in [0, 0.1) is 6.92 Å². The standard InChI is InChI=1S/C19H32N4OS/c1-4-6-11-25-12-9-7-8-10-23-16(14-24-5-2)22-17-18(23)15(3)13-21-19(17)20/h13H,4-12,14H2,1-3H3,(H2,20,21). The van der Waals surface area contributed by atoms with E-state index in [-0.39, 0.29) is 0 Å². The van der Waals surface area contributed by atoms with E-state index in [9.17, 15) is 0 Å². The van der Waals surface area contributed by atoms with Crippen molar-refractivity contribution in [2.45, 2.75) is 66.0 Å². The molecule has 2 aromatic heterocycles. The smallest absolute Gasteiger partial charge is 0.151 e. The van der Waals surface area contributed by atoms with Crippen molar-refractivity contribution in [3.63, 3.8) is 0 Å². The molecule has 0 unspecified atom stereocenters. The number of nitrogen functional groups attached to an aromatic ring is 1. The molecule has 0 saturated heterocycles. The van der Waals surface area contributed by atoms with E-state index in [0.717, 1.165) is 35.4 Å². The largest absolute Gasteiger partial charge is 0.382 e. The average molecular weight is 365 g/mol. The molecule has 0 bridgehead atoms. The summed E-state index contributed by atoms with van der Waals surface area (Å²) in [7, 11) is 0. The number of ether oxygens (including phenoxy) is 1. The van der Waals surface area contributed by atoms with Gasteiger partial charge in [0.1, 0.15) is 17.9 Å². The predicted molar refractivity (Wildman–Crippen MR) is 108 cm³/mol. The van der Waals surface area contributed by atoms with Gasteiger partial charge in [-0.1, -0.05) is 19.8 Å². The summed E-state index contributed by atoms with van der Waals surface area (Å²) in [5, 5.41) is 0. The van der Waals surface area contributed by atoms with Crippen LogP contribution in [0.15, 0.2) is 6.20 Å². The summed E-state index contributed by atoms with van der Waals surface area (Å²) >= 11 is 2.08. The van der Waals surface area contributed by atoms with Crippen molar-refractivity contribution in [3.05, 3.63) is 17.6 Å². The molecule has 0 saturated carbocycles. The number of aromatic nitrogens is 3. The summed E-state index contributed by atoms with van der Waals surface area (Å²) in [6, 6.07) is 0. The Morgan fingerprint density at radius 2 is 1.96 bits per heavy atom. The number of thioether (sulfide) groups is 1. The fraction of sp³-hybridized carbons (Fsp3) is 0.684. The highest BCUT2D eigenvalue weighted by Crippen LogP contribution is 2.24. The van der Waals surface area contributed by atoms with Gasteiger partial charge in [0.05, 0.1) is 5.52 Å². The number of pyridine rings is 1. The molecule has 25 heavy (non-hydrogen) atoms. The van der Waals surface area contributed by atoms with Crippen molar-refractivity contribution in [2.24, 2.45) is 0 Å². The number of hydrogen-bond acceptors (Lipinski definition) is 5. The summed E-state index contributed by atoms with van der Waals surface area (Å²) in [6.45, 7) is 8.50. The van der Waals surface area contributed by atoms with E-state index >= 15 is 0 Å². The Balaban J connectivity index is 1.99. The maximum absolute atomic E-state index is 6.04. The number of nitrogens with zero attached hydrogens (tertiary/aromatic N) is 3. The Hall–Kier alpha value is -1.27. The van der Waals surface area contributed by atoms with Crippen molar-refractivity contribution in [1.82, 2.24) is 14.5 Å². The van der Waals surface area contributed by atoms with E-state index in [4.69, 9.17) is 15.5 Å². The Labute approximate surface area is 155 Å². The Kier molecular flexibility index (Phi) is 8.55. The highest BCUT2D eigenvalue weighted by atomic mass is 32.2. The molecule has 0 amide bonds. The van der Waals surface area contributed by atoms with E-state index in [1.54, 1.807) is 0 Å². The van der Waals surface area contributed by atoms with Crippen LogP contribution in [-0.4, -0.2) is 32.6 Å². The molecule has 0 radical (unpaired) electrons. The van der Waals surface area contributed by atoms with Crippen LogP contribution in [0.5, 0.6) is 0 Å². The second-order valence-corrected chi connectivity index (χ2v) is 7.59. The number of rotatable bonds is 12. The van der Waals surface area contributed by atoms with Gasteiger partial charge < -0.3 is 15.0 Å². The zero-order valence-corrected chi connectivity index (χ0v) is 16.7. The molecule has 0 aromatic carbocycles. The van der Waals surface area contributed by atoms with Gasteiger partial charge in [0, 0.05) is 19.3 Å². The van der Waals surface area contributed by atoms with Gasteiger partial charge in [-0.25, -0.2) is 9.97 Å². The van der Waals surface area contributed by atoms with E-state index in [1.807, 2.05) is 13.1 Å². The number of aryl methyl sites for hydroxylation is 2. The van der Waals surface area contributed by atoms with Crippen molar-refractivity contribution in [1.29, 1.82) is 0 Å². The molecule has 0 aliphatic carbocycles. The van der Waals surface area contributed by atoms with Gasteiger partial charge in [0.25, 0.3) is 0 Å². The summed E-state index contributed by atoms with van der Waals surface area (Å²) in [5.41, 5.74) is 9.08. The van der Waals surface area contributed by atoms with Crippen LogP contribution in [0.1, 0.15) is 57.3 Å². The third-order valence-corrected chi connectivity index (χ3v) is 5.46. The van der Waals surface area contributed by atoms with Crippen molar-refractivity contribution < 1.29 is 4.74 Å². The number of unbranched alkanes of at least 4 members (excludes halogenated alkanes) is 3. The fourth-order valence-electron chi connectivity index (χ4n) is 2.91. The van der Waals surface area contributed by atoms with Crippen LogP contribution in [0.2, 0.25) is 0 Å². The van der Waals surface area contributed by atoms with Crippen LogP contribution in [0.4, 0.5) is 5.82 Å². The van der Waals surface area contributed by atoms with Crippen LogP contribution >= 0.6 is 11.8 Å². The lowest BCUT2D eigenvalue weighted by molar-refractivity contribution is 0.126. The number of fused-ring (bicyclic) bond motifs is 1. The highest BCUT2D eigenvalue weighted by molar-refractivity contribution is 7.99. The lowest BCUT2D eigenvalue weighted by Crippen LogP contribution is -2.07. The number of anilines is 1. The van der Waals surface area contributed by atoms with Crippen LogP contribution in [0.3, 0.4) is 0 Å². The SMILES string of the molecule is CCCCSCCCCCn1c(COCC)nc2c(N)ncc(C)c21. The molecule has 2 heterocycles. The third kappa shape index (κ3) is 5.61. The Morgan fingerprint density at radius 3 is 2.72 bits per heavy atom. The van der Waals surface area contributed by atoms with E-state index in [2.05, 4.69) is 35.2 Å².